The van der Waals surface area contributed by atoms with E-state index >= 15 is 0 Å². The predicted molar refractivity (Wildman–Crippen MR) is 84.0 cm³/mol. The highest BCUT2D eigenvalue weighted by atomic mass is 32.1. The van der Waals surface area contributed by atoms with E-state index in [0.29, 0.717) is 16.4 Å². The second-order valence-corrected chi connectivity index (χ2v) is 5.85. The molecule has 4 nitrogen and oxygen atoms in total. The topological polar surface area (TPSA) is 46.5 Å². The molecular formula is C15H14F3N3OS. The van der Waals surface area contributed by atoms with Crippen LogP contribution in [0.15, 0.2) is 34.6 Å². The normalized spacial score (nSPS) is 15.2. The van der Waals surface area contributed by atoms with Crippen LogP contribution in [0.2, 0.25) is 0 Å². The van der Waals surface area contributed by atoms with Crippen LogP contribution in [-0.4, -0.2) is 23.7 Å². The van der Waals surface area contributed by atoms with Crippen molar-refractivity contribution in [2.45, 2.75) is 25.6 Å². The number of benzene rings is 1. The summed E-state index contributed by atoms with van der Waals surface area (Å²) in [6, 6.07) is 5.97. The lowest BCUT2D eigenvalue weighted by molar-refractivity contribution is -0.274. The number of hydrogen-bond acceptors (Lipinski definition) is 5. The third kappa shape index (κ3) is 4.22. The molecule has 3 rings (SSSR count). The zero-order chi connectivity index (χ0) is 16.3. The molecule has 0 aliphatic carbocycles. The largest absolute Gasteiger partial charge is 0.573 e. The smallest absolute Gasteiger partial charge is 0.405 e. The van der Waals surface area contributed by atoms with Crippen molar-refractivity contribution in [2.75, 3.05) is 11.9 Å². The highest BCUT2D eigenvalue weighted by Crippen LogP contribution is 2.35. The first kappa shape index (κ1) is 15.8. The van der Waals surface area contributed by atoms with E-state index in [2.05, 4.69) is 20.0 Å². The first-order valence-corrected chi connectivity index (χ1v) is 8.00. The zero-order valence-corrected chi connectivity index (χ0v) is 12.9. The van der Waals surface area contributed by atoms with Crippen molar-refractivity contribution in [2.24, 2.45) is 4.99 Å². The first-order chi connectivity index (χ1) is 11.0. The van der Waals surface area contributed by atoms with E-state index < -0.39 is 6.36 Å². The summed E-state index contributed by atoms with van der Waals surface area (Å²) in [5, 5.41) is 5.45. The summed E-state index contributed by atoms with van der Waals surface area (Å²) < 4.78 is 41.5. The lowest BCUT2D eigenvalue weighted by Crippen LogP contribution is -2.17. The summed E-state index contributed by atoms with van der Waals surface area (Å²) in [5.41, 5.74) is 0.744. The highest BCUT2D eigenvalue weighted by molar-refractivity contribution is 7.14. The van der Waals surface area contributed by atoms with Gasteiger partial charge in [0.2, 0.25) is 0 Å². The summed E-state index contributed by atoms with van der Waals surface area (Å²) in [6.07, 6.45) is -1.71. The molecule has 122 valence electrons. The first-order valence-electron chi connectivity index (χ1n) is 7.12. The highest BCUT2D eigenvalue weighted by Gasteiger charge is 2.32. The molecule has 0 fully saturated rings. The van der Waals surface area contributed by atoms with Crippen LogP contribution in [0.3, 0.4) is 0 Å². The number of nitrogens with zero attached hydrogens (tertiary/aromatic N) is 2. The molecule has 0 bridgehead atoms. The van der Waals surface area contributed by atoms with Crippen molar-refractivity contribution in [3.05, 3.63) is 29.6 Å². The molecule has 1 aromatic heterocycles. The fourth-order valence-electron chi connectivity index (χ4n) is 2.27. The fourth-order valence-corrected chi connectivity index (χ4v) is 3.00. The third-order valence-electron chi connectivity index (χ3n) is 3.27. The number of aromatic nitrogens is 1. The van der Waals surface area contributed by atoms with Crippen LogP contribution in [0.4, 0.5) is 18.3 Å². The van der Waals surface area contributed by atoms with Gasteiger partial charge >= 0.3 is 6.36 Å². The minimum Gasteiger partial charge on any atom is -0.405 e. The number of hydrogen-bond donors (Lipinski definition) is 1. The van der Waals surface area contributed by atoms with Gasteiger partial charge in [-0.25, -0.2) is 4.98 Å². The van der Waals surface area contributed by atoms with Crippen LogP contribution >= 0.6 is 11.3 Å². The maximum atomic E-state index is 12.5. The predicted octanol–water partition coefficient (Wildman–Crippen LogP) is 4.70. The van der Waals surface area contributed by atoms with Gasteiger partial charge in [0.05, 0.1) is 5.69 Å². The maximum Gasteiger partial charge on any atom is 0.573 e. The summed E-state index contributed by atoms with van der Waals surface area (Å²) in [5.74, 6) is 0.615. The number of para-hydroxylation sites is 1. The molecule has 0 radical (unpaired) electrons. The number of aliphatic imine (C=N–C) groups is 1. The molecule has 0 spiro atoms. The lowest BCUT2D eigenvalue weighted by atomic mass is 10.1. The molecule has 1 N–H and O–H groups in total. The summed E-state index contributed by atoms with van der Waals surface area (Å²) in [6.45, 7) is 0.794. The molecule has 0 unspecified atom stereocenters. The van der Waals surface area contributed by atoms with Gasteiger partial charge in [-0.2, -0.15) is 0 Å². The van der Waals surface area contributed by atoms with Gasteiger partial charge in [-0.15, -0.1) is 24.5 Å². The van der Waals surface area contributed by atoms with Crippen molar-refractivity contribution in [3.8, 4) is 17.0 Å². The molecule has 0 atom stereocenters. The van der Waals surface area contributed by atoms with Crippen LogP contribution in [0.1, 0.15) is 19.3 Å². The van der Waals surface area contributed by atoms with Crippen molar-refractivity contribution >= 4 is 22.3 Å². The van der Waals surface area contributed by atoms with E-state index in [0.717, 1.165) is 31.6 Å². The molecule has 2 heterocycles. The Morgan fingerprint density at radius 3 is 2.74 bits per heavy atom. The van der Waals surface area contributed by atoms with Gasteiger partial charge in [0.1, 0.15) is 11.6 Å². The minimum absolute atomic E-state index is 0.258. The molecule has 23 heavy (non-hydrogen) atoms. The number of rotatable bonds is 3. The molecule has 0 amide bonds. The fraction of sp³-hybridized carbons (Fsp3) is 0.333. The van der Waals surface area contributed by atoms with E-state index in [1.807, 2.05) is 0 Å². The molecule has 1 aliphatic heterocycles. The monoisotopic (exact) mass is 341 g/mol. The van der Waals surface area contributed by atoms with Crippen LogP contribution in [0, 0.1) is 0 Å². The van der Waals surface area contributed by atoms with Crippen molar-refractivity contribution in [1.29, 1.82) is 0 Å². The number of halogens is 3. The van der Waals surface area contributed by atoms with Crippen LogP contribution in [0.5, 0.6) is 5.75 Å². The quantitative estimate of drug-likeness (QED) is 0.880. The molecule has 0 saturated heterocycles. The van der Waals surface area contributed by atoms with E-state index in [4.69, 9.17) is 0 Å². The number of ether oxygens (including phenoxy) is 1. The Labute approximate surface area is 135 Å². The molecular weight excluding hydrogens is 327 g/mol. The van der Waals surface area contributed by atoms with Crippen molar-refractivity contribution in [3.63, 3.8) is 0 Å². The van der Waals surface area contributed by atoms with E-state index in [-0.39, 0.29) is 5.75 Å². The van der Waals surface area contributed by atoms with Crippen LogP contribution in [-0.2, 0) is 0 Å². The van der Waals surface area contributed by atoms with E-state index in [9.17, 15) is 13.2 Å². The number of thiazole rings is 1. The van der Waals surface area contributed by atoms with E-state index in [1.54, 1.807) is 17.5 Å². The summed E-state index contributed by atoms with van der Waals surface area (Å²) >= 11 is 1.32. The number of nitrogens with one attached hydrogen (secondary N) is 1. The van der Waals surface area contributed by atoms with Gasteiger partial charge in [-0.3, -0.25) is 4.99 Å². The van der Waals surface area contributed by atoms with Crippen LogP contribution in [0.25, 0.3) is 11.3 Å². The minimum atomic E-state index is -4.73. The van der Waals surface area contributed by atoms with Gasteiger partial charge in [-0.1, -0.05) is 12.1 Å². The Morgan fingerprint density at radius 1 is 1.17 bits per heavy atom. The standard InChI is InChI=1S/C15H14F3N3OS/c16-15(17,18)22-12-6-2-1-5-10(12)11-9-23-14(20-11)21-13-7-3-4-8-19-13/h1-2,5-6,9H,3-4,7-8H2,(H,19,20,21). The SMILES string of the molecule is FC(F)(F)Oc1ccccc1-c1csc(NC2=NCCCC2)n1. The second-order valence-electron chi connectivity index (χ2n) is 4.99. The van der Waals surface area contributed by atoms with Crippen molar-refractivity contribution in [1.82, 2.24) is 4.98 Å². The molecule has 1 aromatic carbocycles. The summed E-state index contributed by atoms with van der Waals surface area (Å²) in [7, 11) is 0. The van der Waals surface area contributed by atoms with Gasteiger partial charge in [-0.05, 0) is 25.0 Å². The van der Waals surface area contributed by atoms with Gasteiger partial charge in [0.15, 0.2) is 5.13 Å². The van der Waals surface area contributed by atoms with Gasteiger partial charge < -0.3 is 10.1 Å². The molecule has 1 aliphatic rings. The Hall–Kier alpha value is -2.09. The molecule has 2 aromatic rings. The van der Waals surface area contributed by atoms with Crippen LogP contribution < -0.4 is 10.1 Å². The lowest BCUT2D eigenvalue weighted by Gasteiger charge is -2.12. The number of anilines is 1. The van der Waals surface area contributed by atoms with E-state index in [1.165, 1.54) is 23.5 Å². The van der Waals surface area contributed by atoms with Crippen molar-refractivity contribution < 1.29 is 17.9 Å². The Bertz CT molecular complexity index is 712. The number of amidine groups is 1. The maximum absolute atomic E-state index is 12.5. The van der Waals surface area contributed by atoms with Gasteiger partial charge in [0, 0.05) is 23.9 Å². The number of alkyl halides is 3. The molecule has 8 heteroatoms. The molecule has 0 saturated carbocycles. The summed E-state index contributed by atoms with van der Waals surface area (Å²) in [4.78, 5) is 8.72. The zero-order valence-electron chi connectivity index (χ0n) is 12.1. The third-order valence-corrected chi connectivity index (χ3v) is 4.03. The second kappa shape index (κ2) is 6.57. The Morgan fingerprint density at radius 2 is 2.00 bits per heavy atom. The Balaban J connectivity index is 1.81. The Kier molecular flexibility index (Phi) is 4.51. The van der Waals surface area contributed by atoms with Gasteiger partial charge in [0.25, 0.3) is 0 Å². The average Bonchev–Trinajstić information content (AvgIpc) is 2.95. The average molecular weight is 341 g/mol.